The fraction of sp³-hybridized carbons (Fsp3) is 0.778. The van der Waals surface area contributed by atoms with Crippen molar-refractivity contribution in [2.75, 3.05) is 31.1 Å². The number of aromatic nitrogens is 2. The summed E-state index contributed by atoms with van der Waals surface area (Å²) in [6, 6.07) is 4.26. The second-order valence-corrected chi connectivity index (χ2v) is 7.78. The predicted octanol–water partition coefficient (Wildman–Crippen LogP) is 2.07. The van der Waals surface area contributed by atoms with E-state index in [1.807, 2.05) is 0 Å². The number of nitrogens with one attached hydrogen (secondary N) is 1. The Kier molecular flexibility index (Phi) is 4.24. The van der Waals surface area contributed by atoms with Crippen molar-refractivity contribution in [1.29, 1.82) is 0 Å². The first-order valence-electron chi connectivity index (χ1n) is 9.24. The quantitative estimate of drug-likeness (QED) is 0.841. The third kappa shape index (κ3) is 3.66. The van der Waals surface area contributed by atoms with Crippen LogP contribution in [0.4, 0.5) is 5.82 Å². The Morgan fingerprint density at radius 2 is 1.91 bits per heavy atom. The van der Waals surface area contributed by atoms with Gasteiger partial charge in [-0.05, 0) is 37.8 Å². The largest absolute Gasteiger partial charge is 0.389 e. The number of aliphatic hydroxyl groups is 1. The maximum atomic E-state index is 10.5. The normalized spacial score (nSPS) is 24.5. The van der Waals surface area contributed by atoms with E-state index in [0.29, 0.717) is 11.8 Å². The van der Waals surface area contributed by atoms with Gasteiger partial charge in [-0.1, -0.05) is 19.3 Å². The van der Waals surface area contributed by atoms with Crippen molar-refractivity contribution < 1.29 is 5.11 Å². The van der Waals surface area contributed by atoms with E-state index in [0.717, 1.165) is 50.5 Å². The zero-order valence-electron chi connectivity index (χ0n) is 13.9. The number of anilines is 1. The molecule has 1 aromatic rings. The topological polar surface area (TPSA) is 61.3 Å². The van der Waals surface area contributed by atoms with E-state index < -0.39 is 5.60 Å². The van der Waals surface area contributed by atoms with Gasteiger partial charge in [0.1, 0.15) is 0 Å². The monoisotopic (exact) mass is 316 g/mol. The predicted molar refractivity (Wildman–Crippen MR) is 90.6 cm³/mol. The number of hydrogen-bond acceptors (Lipinski definition) is 5. The van der Waals surface area contributed by atoms with Crippen molar-refractivity contribution in [2.24, 2.45) is 5.92 Å². The van der Waals surface area contributed by atoms with E-state index in [9.17, 15) is 5.11 Å². The molecule has 2 aliphatic carbocycles. The van der Waals surface area contributed by atoms with Crippen molar-refractivity contribution in [1.82, 2.24) is 15.5 Å². The van der Waals surface area contributed by atoms with Crippen LogP contribution in [0.2, 0.25) is 0 Å². The van der Waals surface area contributed by atoms with E-state index in [1.54, 1.807) is 0 Å². The van der Waals surface area contributed by atoms with Crippen LogP contribution in [0.3, 0.4) is 0 Å². The van der Waals surface area contributed by atoms with Gasteiger partial charge in [0.25, 0.3) is 0 Å². The Labute approximate surface area is 138 Å². The Bertz CT molecular complexity index is 516. The molecular weight excluding hydrogens is 288 g/mol. The highest BCUT2D eigenvalue weighted by molar-refractivity contribution is 5.41. The van der Waals surface area contributed by atoms with Crippen LogP contribution in [0.1, 0.15) is 56.6 Å². The molecule has 2 heterocycles. The van der Waals surface area contributed by atoms with Gasteiger partial charge in [-0.25, -0.2) is 0 Å². The van der Waals surface area contributed by atoms with Crippen LogP contribution in [-0.4, -0.2) is 47.1 Å². The molecule has 0 atom stereocenters. The molecule has 0 unspecified atom stereocenters. The zero-order valence-corrected chi connectivity index (χ0v) is 13.9. The lowest BCUT2D eigenvalue weighted by atomic mass is 9.85. The summed E-state index contributed by atoms with van der Waals surface area (Å²) in [5.74, 6) is 2.35. The smallest absolute Gasteiger partial charge is 0.151 e. The van der Waals surface area contributed by atoms with E-state index in [-0.39, 0.29) is 0 Å². The molecular formula is C18H28N4O. The highest BCUT2D eigenvalue weighted by Crippen LogP contribution is 2.39. The Morgan fingerprint density at radius 1 is 1.13 bits per heavy atom. The Hall–Kier alpha value is -1.20. The summed E-state index contributed by atoms with van der Waals surface area (Å²) in [6.07, 6.45) is 8.09. The number of nitrogens with zero attached hydrogens (tertiary/aromatic N) is 3. The Balaban J connectivity index is 1.18. The van der Waals surface area contributed by atoms with Crippen molar-refractivity contribution in [2.45, 2.75) is 56.5 Å². The van der Waals surface area contributed by atoms with Crippen molar-refractivity contribution in [3.63, 3.8) is 0 Å². The van der Waals surface area contributed by atoms with Crippen LogP contribution in [0, 0.1) is 5.92 Å². The van der Waals surface area contributed by atoms with Crippen LogP contribution >= 0.6 is 0 Å². The summed E-state index contributed by atoms with van der Waals surface area (Å²) in [6.45, 7) is 3.83. The van der Waals surface area contributed by atoms with Gasteiger partial charge in [0.15, 0.2) is 5.82 Å². The standard InChI is InChI=1S/C18H28N4O/c23-18(8-2-1-3-9-18)13-19-10-14-11-22(12-14)17-7-6-16(20-21-17)15-4-5-15/h6-7,14-15,19,23H,1-5,8-13H2. The second kappa shape index (κ2) is 6.36. The maximum absolute atomic E-state index is 10.5. The minimum Gasteiger partial charge on any atom is -0.389 e. The van der Waals surface area contributed by atoms with Gasteiger partial charge in [0.05, 0.1) is 11.3 Å². The highest BCUT2D eigenvalue weighted by atomic mass is 16.3. The molecule has 2 N–H and O–H groups in total. The average molecular weight is 316 g/mol. The molecule has 23 heavy (non-hydrogen) atoms. The molecule has 0 aromatic carbocycles. The van der Waals surface area contributed by atoms with Gasteiger partial charge in [0.2, 0.25) is 0 Å². The summed E-state index contributed by atoms with van der Waals surface area (Å²) < 4.78 is 0. The highest BCUT2D eigenvalue weighted by Gasteiger charge is 2.32. The molecule has 126 valence electrons. The van der Waals surface area contributed by atoms with Crippen molar-refractivity contribution >= 4 is 5.82 Å². The lowest BCUT2D eigenvalue weighted by Gasteiger charge is -2.41. The first-order valence-corrected chi connectivity index (χ1v) is 9.24. The van der Waals surface area contributed by atoms with Gasteiger partial charge in [-0.3, -0.25) is 0 Å². The van der Waals surface area contributed by atoms with Gasteiger partial charge >= 0.3 is 0 Å². The SMILES string of the molecule is OC1(CNCC2CN(c3ccc(C4CC4)nn3)C2)CCCCC1. The third-order valence-electron chi connectivity index (χ3n) is 5.62. The summed E-state index contributed by atoms with van der Waals surface area (Å²) in [5, 5.41) is 22.7. The molecule has 0 spiro atoms. The molecule has 0 bridgehead atoms. The molecule has 0 radical (unpaired) electrons. The fourth-order valence-electron chi connectivity index (χ4n) is 3.88. The summed E-state index contributed by atoms with van der Waals surface area (Å²) >= 11 is 0. The van der Waals surface area contributed by atoms with Gasteiger partial charge < -0.3 is 15.3 Å². The zero-order chi connectivity index (χ0) is 15.7. The minimum absolute atomic E-state index is 0.453. The number of hydrogen-bond donors (Lipinski definition) is 2. The van der Waals surface area contributed by atoms with Crippen LogP contribution in [-0.2, 0) is 0 Å². The summed E-state index contributed by atoms with van der Waals surface area (Å²) in [7, 11) is 0. The molecule has 2 saturated carbocycles. The lowest BCUT2D eigenvalue weighted by molar-refractivity contribution is 0.00411. The lowest BCUT2D eigenvalue weighted by Crippen LogP contribution is -2.53. The first kappa shape index (κ1) is 15.3. The van der Waals surface area contributed by atoms with Crippen molar-refractivity contribution in [3.8, 4) is 0 Å². The molecule has 5 heteroatoms. The van der Waals surface area contributed by atoms with Gasteiger partial charge in [0, 0.05) is 38.0 Å². The molecule has 1 saturated heterocycles. The van der Waals surface area contributed by atoms with Crippen molar-refractivity contribution in [3.05, 3.63) is 17.8 Å². The Morgan fingerprint density at radius 3 is 2.57 bits per heavy atom. The van der Waals surface area contributed by atoms with E-state index in [4.69, 9.17) is 0 Å². The molecule has 3 aliphatic rings. The molecule has 0 amide bonds. The van der Waals surface area contributed by atoms with Crippen LogP contribution in [0.15, 0.2) is 12.1 Å². The fourth-order valence-corrected chi connectivity index (χ4v) is 3.88. The van der Waals surface area contributed by atoms with Crippen LogP contribution in [0.5, 0.6) is 0 Å². The molecule has 1 aliphatic heterocycles. The maximum Gasteiger partial charge on any atom is 0.151 e. The first-order chi connectivity index (χ1) is 11.2. The van der Waals surface area contributed by atoms with E-state index in [2.05, 4.69) is 32.5 Å². The van der Waals surface area contributed by atoms with E-state index >= 15 is 0 Å². The van der Waals surface area contributed by atoms with Crippen LogP contribution in [0.25, 0.3) is 0 Å². The second-order valence-electron chi connectivity index (χ2n) is 7.78. The third-order valence-corrected chi connectivity index (χ3v) is 5.62. The molecule has 4 rings (SSSR count). The molecule has 5 nitrogen and oxygen atoms in total. The minimum atomic E-state index is -0.453. The van der Waals surface area contributed by atoms with E-state index in [1.165, 1.54) is 32.1 Å². The van der Waals surface area contributed by atoms with Gasteiger partial charge in [-0.15, -0.1) is 5.10 Å². The summed E-state index contributed by atoms with van der Waals surface area (Å²) in [5.41, 5.74) is 0.708. The molecule has 3 fully saturated rings. The molecule has 1 aromatic heterocycles. The summed E-state index contributed by atoms with van der Waals surface area (Å²) in [4.78, 5) is 2.30. The van der Waals surface area contributed by atoms with Crippen LogP contribution < -0.4 is 10.2 Å². The number of rotatable bonds is 6. The average Bonchev–Trinajstić information content (AvgIpc) is 3.35. The van der Waals surface area contributed by atoms with Gasteiger partial charge in [-0.2, -0.15) is 5.10 Å².